The van der Waals surface area contributed by atoms with Crippen molar-refractivity contribution in [1.82, 2.24) is 0 Å². The smallest absolute Gasteiger partial charge is 0.253 e. The first-order valence-corrected chi connectivity index (χ1v) is 5.50. The Labute approximate surface area is 96.3 Å². The molecule has 1 aromatic carbocycles. The predicted octanol–water partition coefficient (Wildman–Crippen LogP) is 0.566. The molecule has 0 saturated heterocycles. The average molecular weight is 308 g/mol. The maximum atomic E-state index is 11.3. The van der Waals surface area contributed by atoms with Crippen molar-refractivity contribution in [3.63, 3.8) is 0 Å². The molecule has 78 valence electrons. The molecule has 1 atom stereocenters. The molecular formula is C9H13IN2O2. The van der Waals surface area contributed by atoms with Crippen molar-refractivity contribution in [2.75, 3.05) is 30.9 Å². The second-order valence-electron chi connectivity index (χ2n) is 3.43. The summed E-state index contributed by atoms with van der Waals surface area (Å²) < 4.78 is 0.189. The van der Waals surface area contributed by atoms with Gasteiger partial charge >= 0.3 is 0 Å². The fourth-order valence-corrected chi connectivity index (χ4v) is 1.57. The maximum Gasteiger partial charge on any atom is 0.253 e. The molecule has 0 aliphatic rings. The Bertz CT molecular complexity index is 405. The fraction of sp³-hybridized carbons (Fsp3) is 0.556. The Balaban J connectivity index is 3.17. The molecule has 14 heavy (non-hydrogen) atoms. The van der Waals surface area contributed by atoms with Crippen molar-refractivity contribution in [3.8, 4) is 0 Å². The standard InChI is InChI=1S/C9H13IN2O2/c1-5(10)12(4)7-6(11(2)3)8(13)9(7)14/h5H,1-4H3. The third-order valence-corrected chi connectivity index (χ3v) is 3.03. The lowest BCUT2D eigenvalue weighted by molar-refractivity contribution is 0.912. The van der Waals surface area contributed by atoms with Crippen molar-refractivity contribution in [2.24, 2.45) is 0 Å². The van der Waals surface area contributed by atoms with E-state index in [-0.39, 0.29) is 14.9 Å². The van der Waals surface area contributed by atoms with Crippen LogP contribution >= 0.6 is 22.6 Å². The van der Waals surface area contributed by atoms with E-state index in [1.807, 2.05) is 18.9 Å². The third kappa shape index (κ3) is 1.65. The molecule has 5 heteroatoms. The monoisotopic (exact) mass is 308 g/mol. The number of hydrogen-bond donors (Lipinski definition) is 0. The zero-order valence-electron chi connectivity index (χ0n) is 8.67. The quantitative estimate of drug-likeness (QED) is 0.354. The van der Waals surface area contributed by atoms with Crippen LogP contribution in [0.4, 0.5) is 11.4 Å². The molecule has 0 aliphatic heterocycles. The van der Waals surface area contributed by atoms with Crippen LogP contribution in [0, 0.1) is 0 Å². The summed E-state index contributed by atoms with van der Waals surface area (Å²) in [6, 6.07) is 0. The maximum absolute atomic E-state index is 11.3. The van der Waals surface area contributed by atoms with Crippen LogP contribution in [0.5, 0.6) is 0 Å². The van der Waals surface area contributed by atoms with Gasteiger partial charge < -0.3 is 9.80 Å². The second-order valence-corrected chi connectivity index (χ2v) is 5.24. The van der Waals surface area contributed by atoms with Crippen molar-refractivity contribution >= 4 is 34.0 Å². The van der Waals surface area contributed by atoms with Gasteiger partial charge in [0.2, 0.25) is 0 Å². The minimum atomic E-state index is -0.381. The number of hydrogen-bond acceptors (Lipinski definition) is 4. The molecule has 0 saturated carbocycles. The summed E-state index contributed by atoms with van der Waals surface area (Å²) in [4.78, 5) is 26.1. The molecule has 0 aromatic heterocycles. The number of nitrogens with zero attached hydrogens (tertiary/aromatic N) is 2. The van der Waals surface area contributed by atoms with Gasteiger partial charge in [-0.2, -0.15) is 0 Å². The van der Waals surface area contributed by atoms with Crippen LogP contribution in [-0.2, 0) is 0 Å². The molecule has 1 aromatic rings. The minimum Gasteiger partial charge on any atom is -0.373 e. The Hall–Kier alpha value is -0.590. The fourth-order valence-electron chi connectivity index (χ4n) is 1.29. The second kappa shape index (κ2) is 3.88. The van der Waals surface area contributed by atoms with E-state index >= 15 is 0 Å². The predicted molar refractivity (Wildman–Crippen MR) is 67.6 cm³/mol. The number of alkyl halides is 1. The topological polar surface area (TPSA) is 40.6 Å². The number of halogens is 1. The van der Waals surface area contributed by atoms with Gasteiger partial charge in [0.15, 0.2) is 0 Å². The highest BCUT2D eigenvalue weighted by Gasteiger charge is 2.26. The molecule has 0 spiro atoms. The van der Waals surface area contributed by atoms with E-state index in [1.165, 1.54) is 0 Å². The van der Waals surface area contributed by atoms with Gasteiger partial charge in [0.1, 0.15) is 11.4 Å². The zero-order chi connectivity index (χ0) is 11.0. The van der Waals surface area contributed by atoms with E-state index in [0.29, 0.717) is 11.4 Å². The zero-order valence-corrected chi connectivity index (χ0v) is 10.8. The number of anilines is 2. The first-order valence-electron chi connectivity index (χ1n) is 4.25. The van der Waals surface area contributed by atoms with Crippen LogP contribution in [0.25, 0.3) is 0 Å². The van der Waals surface area contributed by atoms with Crippen LogP contribution in [-0.4, -0.2) is 25.2 Å². The van der Waals surface area contributed by atoms with E-state index in [0.717, 1.165) is 0 Å². The van der Waals surface area contributed by atoms with E-state index in [2.05, 4.69) is 22.6 Å². The van der Waals surface area contributed by atoms with Crippen LogP contribution in [0.3, 0.4) is 0 Å². The number of rotatable bonds is 3. The lowest BCUT2D eigenvalue weighted by Crippen LogP contribution is -2.44. The molecule has 1 unspecified atom stereocenters. The lowest BCUT2D eigenvalue weighted by Gasteiger charge is -2.28. The third-order valence-electron chi connectivity index (χ3n) is 2.19. The highest BCUT2D eigenvalue weighted by atomic mass is 127. The lowest BCUT2D eigenvalue weighted by atomic mass is 10.1. The molecule has 1 rings (SSSR count). The van der Waals surface area contributed by atoms with Gasteiger partial charge in [0, 0.05) is 21.1 Å². The largest absolute Gasteiger partial charge is 0.373 e. The molecular weight excluding hydrogens is 295 g/mol. The van der Waals surface area contributed by atoms with Gasteiger partial charge in [-0.1, -0.05) is 22.6 Å². The first kappa shape index (κ1) is 11.5. The van der Waals surface area contributed by atoms with E-state index in [4.69, 9.17) is 0 Å². The van der Waals surface area contributed by atoms with Crippen LogP contribution in [0.15, 0.2) is 9.59 Å². The van der Waals surface area contributed by atoms with Gasteiger partial charge in [0.05, 0.1) is 4.05 Å². The SMILES string of the molecule is CC(I)N(C)c1c(N(C)C)c(=O)c1=O. The van der Waals surface area contributed by atoms with Crippen molar-refractivity contribution in [2.45, 2.75) is 11.0 Å². The van der Waals surface area contributed by atoms with E-state index in [1.54, 1.807) is 19.0 Å². The molecule has 0 aliphatic carbocycles. The Morgan fingerprint density at radius 2 is 1.50 bits per heavy atom. The minimum absolute atomic E-state index is 0.189. The molecule has 4 nitrogen and oxygen atoms in total. The van der Waals surface area contributed by atoms with Gasteiger partial charge in [-0.3, -0.25) is 9.59 Å². The Morgan fingerprint density at radius 3 is 1.86 bits per heavy atom. The Morgan fingerprint density at radius 1 is 1.07 bits per heavy atom. The van der Waals surface area contributed by atoms with Gasteiger partial charge in [0.25, 0.3) is 10.9 Å². The molecule has 0 fully saturated rings. The molecule has 0 amide bonds. The summed E-state index contributed by atoms with van der Waals surface area (Å²) in [5.41, 5.74) is 0.288. The average Bonchev–Trinajstić information content (AvgIpc) is 2.10. The van der Waals surface area contributed by atoms with Crippen molar-refractivity contribution < 1.29 is 0 Å². The van der Waals surface area contributed by atoms with Gasteiger partial charge in [-0.25, -0.2) is 0 Å². The van der Waals surface area contributed by atoms with Crippen molar-refractivity contribution in [1.29, 1.82) is 0 Å². The van der Waals surface area contributed by atoms with Gasteiger partial charge in [-0.05, 0) is 6.92 Å². The molecule has 0 radical (unpaired) electrons. The summed E-state index contributed by atoms with van der Waals surface area (Å²) in [6.45, 7) is 1.97. The normalized spacial score (nSPS) is 12.9. The van der Waals surface area contributed by atoms with Crippen molar-refractivity contribution in [3.05, 3.63) is 20.4 Å². The Kier molecular flexibility index (Phi) is 3.18. The van der Waals surface area contributed by atoms with E-state index in [9.17, 15) is 9.59 Å². The molecule has 0 N–H and O–H groups in total. The highest BCUT2D eigenvalue weighted by molar-refractivity contribution is 14.1. The summed E-state index contributed by atoms with van der Waals surface area (Å²) in [7, 11) is 5.36. The summed E-state index contributed by atoms with van der Waals surface area (Å²) >= 11 is 2.20. The molecule has 0 heterocycles. The van der Waals surface area contributed by atoms with Gasteiger partial charge in [-0.15, -0.1) is 0 Å². The summed E-state index contributed by atoms with van der Waals surface area (Å²) in [5, 5.41) is 0. The van der Waals surface area contributed by atoms with E-state index < -0.39 is 0 Å². The van der Waals surface area contributed by atoms with Crippen LogP contribution < -0.4 is 20.7 Å². The summed E-state index contributed by atoms with van der Waals surface area (Å²) in [6.07, 6.45) is 0. The first-order chi connectivity index (χ1) is 6.37. The summed E-state index contributed by atoms with van der Waals surface area (Å²) in [5.74, 6) is 0. The van der Waals surface area contributed by atoms with Crippen LogP contribution in [0.1, 0.15) is 6.92 Å². The van der Waals surface area contributed by atoms with Crippen LogP contribution in [0.2, 0.25) is 0 Å². The molecule has 0 bridgehead atoms. The highest BCUT2D eigenvalue weighted by Crippen LogP contribution is 2.24.